The third-order valence-electron chi connectivity index (χ3n) is 4.67. The van der Waals surface area contributed by atoms with E-state index < -0.39 is 10.0 Å². The smallest absolute Gasteiger partial charge is 0.277 e. The van der Waals surface area contributed by atoms with E-state index in [9.17, 15) is 17.6 Å². The van der Waals surface area contributed by atoms with Gasteiger partial charge in [-0.3, -0.25) is 9.69 Å². The molecule has 29 heavy (non-hydrogen) atoms. The van der Waals surface area contributed by atoms with E-state index in [0.29, 0.717) is 25.2 Å². The first-order chi connectivity index (χ1) is 13.9. The number of rotatable bonds is 5. The molecule has 0 bridgehead atoms. The lowest BCUT2D eigenvalue weighted by molar-refractivity contribution is 0.138. The number of halogens is 1. The van der Waals surface area contributed by atoms with Crippen LogP contribution in [-0.4, -0.2) is 47.6 Å². The van der Waals surface area contributed by atoms with Crippen molar-refractivity contribution in [2.45, 2.75) is 18.1 Å². The third kappa shape index (κ3) is 4.29. The topological polar surface area (TPSA) is 99.5 Å². The maximum Gasteiger partial charge on any atom is 0.277 e. The second-order valence-corrected chi connectivity index (χ2v) is 8.65. The summed E-state index contributed by atoms with van der Waals surface area (Å²) in [4.78, 5) is 13.1. The van der Waals surface area contributed by atoms with Crippen LogP contribution in [0.1, 0.15) is 12.0 Å². The van der Waals surface area contributed by atoms with Gasteiger partial charge in [0.25, 0.3) is 15.6 Å². The van der Waals surface area contributed by atoms with Gasteiger partial charge < -0.3 is 4.42 Å². The van der Waals surface area contributed by atoms with Crippen LogP contribution in [0.5, 0.6) is 0 Å². The van der Waals surface area contributed by atoms with Crippen LogP contribution in [0, 0.1) is 5.82 Å². The van der Waals surface area contributed by atoms with Gasteiger partial charge in [-0.15, -0.1) is 0 Å². The maximum atomic E-state index is 13.1. The number of sulfonamides is 1. The Balaban J connectivity index is 1.50. The highest BCUT2D eigenvalue weighted by Crippen LogP contribution is 2.26. The predicted molar refractivity (Wildman–Crippen MR) is 103 cm³/mol. The quantitative estimate of drug-likeness (QED) is 0.681. The van der Waals surface area contributed by atoms with Crippen LogP contribution in [0.3, 0.4) is 0 Å². The summed E-state index contributed by atoms with van der Waals surface area (Å²) in [5.41, 5.74) is 0.889. The molecule has 10 heteroatoms. The molecule has 0 amide bonds. The summed E-state index contributed by atoms with van der Waals surface area (Å²) < 4.78 is 46.0. The van der Waals surface area contributed by atoms with Crippen molar-refractivity contribution in [2.75, 3.05) is 19.8 Å². The molecule has 3 heterocycles. The van der Waals surface area contributed by atoms with E-state index in [1.54, 1.807) is 12.1 Å². The van der Waals surface area contributed by atoms with E-state index >= 15 is 0 Å². The molecular formula is C19H19FN4O4S. The number of hydrogen-bond donors (Lipinski definition) is 1. The monoisotopic (exact) mass is 418 g/mol. The van der Waals surface area contributed by atoms with Crippen LogP contribution < -0.4 is 5.56 Å². The van der Waals surface area contributed by atoms with E-state index in [1.165, 1.54) is 40.7 Å². The number of H-pyrrole nitrogens is 1. The molecule has 0 saturated carbocycles. The van der Waals surface area contributed by atoms with E-state index in [4.69, 9.17) is 4.42 Å². The minimum atomic E-state index is -3.82. The summed E-state index contributed by atoms with van der Waals surface area (Å²) in [7, 11) is -3.82. The van der Waals surface area contributed by atoms with Crippen molar-refractivity contribution in [3.05, 3.63) is 70.3 Å². The Kier molecular flexibility index (Phi) is 5.31. The van der Waals surface area contributed by atoms with E-state index in [2.05, 4.69) is 10.2 Å². The summed E-state index contributed by atoms with van der Waals surface area (Å²) >= 11 is 0. The van der Waals surface area contributed by atoms with Crippen LogP contribution in [0.25, 0.3) is 11.5 Å². The predicted octanol–water partition coefficient (Wildman–Crippen LogP) is 2.02. The highest BCUT2D eigenvalue weighted by atomic mass is 32.2. The number of aromatic nitrogens is 2. The average Bonchev–Trinajstić information content (AvgIpc) is 3.22. The van der Waals surface area contributed by atoms with Crippen LogP contribution in [-0.2, 0) is 16.6 Å². The summed E-state index contributed by atoms with van der Waals surface area (Å²) in [5, 5.41) is 5.96. The van der Waals surface area contributed by atoms with Crippen molar-refractivity contribution < 1.29 is 17.2 Å². The lowest BCUT2D eigenvalue weighted by Gasteiger charge is -2.34. The first-order valence-corrected chi connectivity index (χ1v) is 10.5. The van der Waals surface area contributed by atoms with E-state index in [0.717, 1.165) is 12.1 Å². The fraction of sp³-hybridized carbons (Fsp3) is 0.263. The van der Waals surface area contributed by atoms with E-state index in [-0.39, 0.29) is 28.9 Å². The van der Waals surface area contributed by atoms with Crippen molar-refractivity contribution in [3.8, 4) is 11.5 Å². The summed E-state index contributed by atoms with van der Waals surface area (Å²) in [6.07, 6.45) is 0.676. The molecule has 8 nitrogen and oxygen atoms in total. The minimum absolute atomic E-state index is 0.177. The second kappa shape index (κ2) is 7.90. The molecule has 0 atom stereocenters. The second-order valence-electron chi connectivity index (χ2n) is 6.78. The van der Waals surface area contributed by atoms with Crippen LogP contribution in [0.2, 0.25) is 0 Å². The highest BCUT2D eigenvalue weighted by molar-refractivity contribution is 7.89. The molecule has 152 valence electrons. The molecule has 0 unspecified atom stereocenters. The molecule has 1 aliphatic rings. The van der Waals surface area contributed by atoms with Crippen molar-refractivity contribution in [1.82, 2.24) is 19.4 Å². The lowest BCUT2D eigenvalue weighted by Crippen LogP contribution is -2.46. The Morgan fingerprint density at radius 3 is 2.59 bits per heavy atom. The van der Waals surface area contributed by atoms with Gasteiger partial charge in [0, 0.05) is 25.7 Å². The largest absolute Gasteiger partial charge is 0.442 e. The lowest BCUT2D eigenvalue weighted by atomic mass is 10.2. The normalized spacial score (nSPS) is 16.2. The zero-order chi connectivity index (χ0) is 20.4. The fourth-order valence-electron chi connectivity index (χ4n) is 3.21. The molecule has 4 rings (SSSR count). The Labute approximate surface area is 166 Å². The Hall–Kier alpha value is -2.82. The van der Waals surface area contributed by atoms with Gasteiger partial charge in [0.15, 0.2) is 5.76 Å². The van der Waals surface area contributed by atoms with Crippen molar-refractivity contribution in [2.24, 2.45) is 0 Å². The summed E-state index contributed by atoms with van der Waals surface area (Å²) in [6.45, 7) is 1.87. The number of nitrogens with one attached hydrogen (secondary N) is 1. The Morgan fingerprint density at radius 2 is 1.86 bits per heavy atom. The van der Waals surface area contributed by atoms with Crippen molar-refractivity contribution in [1.29, 1.82) is 0 Å². The van der Waals surface area contributed by atoms with Gasteiger partial charge in [-0.05, 0) is 42.3 Å². The van der Waals surface area contributed by atoms with E-state index in [1.807, 2.05) is 4.90 Å². The van der Waals surface area contributed by atoms with Gasteiger partial charge in [-0.1, -0.05) is 12.1 Å². The zero-order valence-electron chi connectivity index (χ0n) is 15.4. The molecule has 3 aromatic rings. The fourth-order valence-corrected chi connectivity index (χ4v) is 4.59. The highest BCUT2D eigenvalue weighted by Gasteiger charge is 2.31. The SMILES string of the molecule is O=c1ccc(-c2ccc(S(=O)(=O)N3CCCN(Cc4ccc(F)cc4)C3)o2)n[nH]1. The minimum Gasteiger partial charge on any atom is -0.442 e. The molecule has 0 radical (unpaired) electrons. The summed E-state index contributed by atoms with van der Waals surface area (Å²) in [6, 6.07) is 11.8. The Bertz CT molecular complexity index is 1140. The van der Waals surface area contributed by atoms with Crippen LogP contribution in [0.4, 0.5) is 4.39 Å². The molecule has 1 N–H and O–H groups in total. The van der Waals surface area contributed by atoms with Gasteiger partial charge in [0.1, 0.15) is 11.5 Å². The third-order valence-corrected chi connectivity index (χ3v) is 6.37. The van der Waals surface area contributed by atoms with Gasteiger partial charge in [-0.25, -0.2) is 17.9 Å². The molecular weight excluding hydrogens is 399 g/mol. The van der Waals surface area contributed by atoms with Crippen LogP contribution >= 0.6 is 0 Å². The van der Waals surface area contributed by atoms with Crippen LogP contribution in [0.15, 0.2) is 62.8 Å². The van der Waals surface area contributed by atoms with Gasteiger partial charge >= 0.3 is 0 Å². The number of hydrogen-bond acceptors (Lipinski definition) is 6. The number of furan rings is 1. The van der Waals surface area contributed by atoms with Crippen molar-refractivity contribution in [3.63, 3.8) is 0 Å². The molecule has 2 aromatic heterocycles. The first kappa shape index (κ1) is 19.5. The first-order valence-electron chi connectivity index (χ1n) is 9.05. The zero-order valence-corrected chi connectivity index (χ0v) is 16.2. The molecule has 1 aromatic carbocycles. The number of aromatic amines is 1. The molecule has 1 fully saturated rings. The maximum absolute atomic E-state index is 13.1. The average molecular weight is 418 g/mol. The standard InChI is InChI=1S/C19H19FN4O4S/c20-15-4-2-14(3-5-15)12-23-10-1-11-24(13-23)29(26,27)19-9-7-17(28-19)16-6-8-18(25)22-21-16/h2-9H,1,10-13H2,(H,22,25). The van der Waals surface area contributed by atoms with Gasteiger partial charge in [0.05, 0.1) is 6.67 Å². The molecule has 1 saturated heterocycles. The number of benzene rings is 1. The Morgan fingerprint density at radius 1 is 1.07 bits per heavy atom. The molecule has 1 aliphatic heterocycles. The van der Waals surface area contributed by atoms with Gasteiger partial charge in [-0.2, -0.15) is 9.40 Å². The summed E-state index contributed by atoms with van der Waals surface area (Å²) in [5.74, 6) is -0.0535. The van der Waals surface area contributed by atoms with Gasteiger partial charge in [0.2, 0.25) is 5.09 Å². The van der Waals surface area contributed by atoms with Crippen molar-refractivity contribution >= 4 is 10.0 Å². The molecule has 0 aliphatic carbocycles. The molecule has 0 spiro atoms. The number of nitrogens with zero attached hydrogens (tertiary/aromatic N) is 3.